The average Bonchev–Trinajstić information content (AvgIpc) is 2.88. The third-order valence-corrected chi connectivity index (χ3v) is 13.5. The summed E-state index contributed by atoms with van der Waals surface area (Å²) < 4.78 is 0. The van der Waals surface area contributed by atoms with Crippen LogP contribution in [0.15, 0.2) is 30.3 Å². The zero-order valence-corrected chi connectivity index (χ0v) is 25.2. The monoisotopic (exact) mass is 519 g/mol. The van der Waals surface area contributed by atoms with Crippen molar-refractivity contribution in [2.45, 2.75) is 148 Å². The van der Waals surface area contributed by atoms with Gasteiger partial charge >= 0.3 is 5.97 Å². The SMILES string of the molecule is CCCCCCCC[P+](CCCCCCCC)(CCCCCCCC)C(CC(=O)O)c1ccccc1. The normalized spacial score (nSPS) is 12.6. The number of hydrogen-bond acceptors (Lipinski definition) is 1. The Balaban J connectivity index is 3.08. The molecule has 0 aliphatic heterocycles. The van der Waals surface area contributed by atoms with Gasteiger partial charge < -0.3 is 5.11 Å². The molecule has 208 valence electrons. The number of rotatable bonds is 25. The van der Waals surface area contributed by atoms with Crippen molar-refractivity contribution >= 4 is 13.2 Å². The van der Waals surface area contributed by atoms with Crippen LogP contribution in [0.4, 0.5) is 0 Å². The fourth-order valence-electron chi connectivity index (χ4n) is 5.89. The highest BCUT2D eigenvalue weighted by Gasteiger charge is 2.46. The summed E-state index contributed by atoms with van der Waals surface area (Å²) in [6.45, 7) is 6.86. The summed E-state index contributed by atoms with van der Waals surface area (Å²) in [5.41, 5.74) is 1.54. The van der Waals surface area contributed by atoms with Crippen LogP contribution in [0.1, 0.15) is 154 Å². The van der Waals surface area contributed by atoms with Crippen molar-refractivity contribution in [2.24, 2.45) is 0 Å². The molecule has 0 radical (unpaired) electrons. The molecule has 0 fully saturated rings. The molecule has 36 heavy (non-hydrogen) atoms. The van der Waals surface area contributed by atoms with E-state index in [1.54, 1.807) is 0 Å². The number of unbranched alkanes of at least 4 members (excludes halogenated alkanes) is 15. The first kappa shape index (κ1) is 33.1. The highest BCUT2D eigenvalue weighted by Crippen LogP contribution is 2.72. The molecule has 0 bridgehead atoms. The van der Waals surface area contributed by atoms with Crippen LogP contribution in [0.2, 0.25) is 0 Å². The number of aliphatic carboxylic acids is 1. The fourth-order valence-corrected chi connectivity index (χ4v) is 11.4. The van der Waals surface area contributed by atoms with E-state index < -0.39 is 13.2 Å². The molecular formula is C33H60O2P+. The van der Waals surface area contributed by atoms with Crippen molar-refractivity contribution in [1.82, 2.24) is 0 Å². The van der Waals surface area contributed by atoms with Crippen LogP contribution in [0, 0.1) is 0 Å². The van der Waals surface area contributed by atoms with E-state index >= 15 is 0 Å². The molecule has 1 unspecified atom stereocenters. The lowest BCUT2D eigenvalue weighted by Gasteiger charge is -2.35. The molecule has 0 aliphatic carbocycles. The quantitative estimate of drug-likeness (QED) is 0.103. The lowest BCUT2D eigenvalue weighted by molar-refractivity contribution is -0.137. The van der Waals surface area contributed by atoms with Crippen LogP contribution in [0.3, 0.4) is 0 Å². The van der Waals surface area contributed by atoms with Gasteiger partial charge in [-0.1, -0.05) is 128 Å². The minimum absolute atomic E-state index is 0.234. The van der Waals surface area contributed by atoms with E-state index in [1.807, 2.05) is 0 Å². The molecule has 3 heteroatoms. The molecule has 0 saturated heterocycles. The minimum atomic E-state index is -1.43. The highest BCUT2D eigenvalue weighted by molar-refractivity contribution is 7.76. The average molecular weight is 520 g/mol. The van der Waals surface area contributed by atoms with Gasteiger partial charge in [-0.15, -0.1) is 0 Å². The maximum absolute atomic E-state index is 12.2. The van der Waals surface area contributed by atoms with Gasteiger partial charge in [0.15, 0.2) is 0 Å². The van der Waals surface area contributed by atoms with E-state index in [4.69, 9.17) is 0 Å². The van der Waals surface area contributed by atoms with Crippen molar-refractivity contribution in [1.29, 1.82) is 0 Å². The molecule has 1 aromatic rings. The largest absolute Gasteiger partial charge is 0.481 e. The van der Waals surface area contributed by atoms with E-state index in [2.05, 4.69) is 51.1 Å². The molecule has 0 spiro atoms. The zero-order chi connectivity index (χ0) is 26.3. The summed E-state index contributed by atoms with van der Waals surface area (Å²) in [4.78, 5) is 12.2. The van der Waals surface area contributed by atoms with Gasteiger partial charge in [0, 0.05) is 7.26 Å². The van der Waals surface area contributed by atoms with Gasteiger partial charge in [0.1, 0.15) is 5.66 Å². The van der Waals surface area contributed by atoms with Gasteiger partial charge in [-0.25, -0.2) is 0 Å². The molecule has 0 aliphatic rings. The summed E-state index contributed by atoms with van der Waals surface area (Å²) in [6.07, 6.45) is 28.1. The molecule has 0 aromatic heterocycles. The van der Waals surface area contributed by atoms with Gasteiger partial charge in [0.05, 0.1) is 24.9 Å². The Bertz CT molecular complexity index is 589. The van der Waals surface area contributed by atoms with Crippen molar-refractivity contribution in [3.63, 3.8) is 0 Å². The van der Waals surface area contributed by atoms with Crippen LogP contribution in [-0.2, 0) is 4.79 Å². The van der Waals surface area contributed by atoms with Gasteiger partial charge in [0.25, 0.3) is 0 Å². The number of benzene rings is 1. The van der Waals surface area contributed by atoms with E-state index in [0.29, 0.717) is 6.42 Å². The van der Waals surface area contributed by atoms with Crippen LogP contribution in [-0.4, -0.2) is 29.6 Å². The second-order valence-electron chi connectivity index (χ2n) is 11.2. The second-order valence-corrected chi connectivity index (χ2v) is 15.6. The van der Waals surface area contributed by atoms with E-state index in [1.165, 1.54) is 140 Å². The topological polar surface area (TPSA) is 37.3 Å². The Morgan fingerprint density at radius 3 is 1.33 bits per heavy atom. The van der Waals surface area contributed by atoms with Crippen molar-refractivity contribution in [2.75, 3.05) is 18.5 Å². The molecule has 1 N–H and O–H groups in total. The fraction of sp³-hybridized carbons (Fsp3) is 0.788. The predicted molar refractivity (Wildman–Crippen MR) is 163 cm³/mol. The Morgan fingerprint density at radius 1 is 0.611 bits per heavy atom. The van der Waals surface area contributed by atoms with Crippen LogP contribution < -0.4 is 0 Å². The summed E-state index contributed by atoms with van der Waals surface area (Å²) in [6, 6.07) is 10.8. The Labute approximate surface area is 225 Å². The molecule has 2 nitrogen and oxygen atoms in total. The first-order chi connectivity index (χ1) is 17.6. The zero-order valence-electron chi connectivity index (χ0n) is 24.3. The van der Waals surface area contributed by atoms with E-state index in [9.17, 15) is 9.90 Å². The van der Waals surface area contributed by atoms with Crippen LogP contribution >= 0.6 is 7.26 Å². The molecule has 0 amide bonds. The number of carboxylic acid groups (broad SMARTS) is 1. The molecule has 0 saturated carbocycles. The summed E-state index contributed by atoms with van der Waals surface area (Å²) in [5.74, 6) is -0.609. The standard InChI is InChI=1S/C33H59O2P/c1-4-7-10-13-16-22-27-36(28-23-17-14-11-8-5-2,29-24-18-15-12-9-6-3)32(30-33(34)35)31-25-20-19-21-26-31/h19-21,25-26,32H,4-18,22-24,27-30H2,1-3H3/p+1. The van der Waals surface area contributed by atoms with Gasteiger partial charge in [-0.3, -0.25) is 4.79 Å². The smallest absolute Gasteiger partial charge is 0.307 e. The van der Waals surface area contributed by atoms with E-state index in [-0.39, 0.29) is 5.66 Å². The Morgan fingerprint density at radius 2 is 0.972 bits per heavy atom. The van der Waals surface area contributed by atoms with Crippen LogP contribution in [0.5, 0.6) is 0 Å². The molecule has 1 rings (SSSR count). The summed E-state index contributed by atoms with van der Waals surface area (Å²) in [5, 5.41) is 10.0. The highest BCUT2D eigenvalue weighted by atomic mass is 31.2. The minimum Gasteiger partial charge on any atom is -0.481 e. The van der Waals surface area contributed by atoms with Gasteiger partial charge in [0.2, 0.25) is 0 Å². The molecule has 1 aromatic carbocycles. The molecular weight excluding hydrogens is 459 g/mol. The number of carbonyl (C=O) groups is 1. The van der Waals surface area contributed by atoms with Crippen molar-refractivity contribution in [3.05, 3.63) is 35.9 Å². The number of carboxylic acids is 1. The third-order valence-electron chi connectivity index (χ3n) is 8.08. The van der Waals surface area contributed by atoms with Gasteiger partial charge in [-0.05, 0) is 44.1 Å². The summed E-state index contributed by atoms with van der Waals surface area (Å²) >= 11 is 0. The lowest BCUT2D eigenvalue weighted by Crippen LogP contribution is -2.20. The van der Waals surface area contributed by atoms with Crippen LogP contribution in [0.25, 0.3) is 0 Å². The predicted octanol–water partition coefficient (Wildman–Crippen LogP) is 11.3. The Hall–Kier alpha value is -0.880. The van der Waals surface area contributed by atoms with Crippen molar-refractivity contribution in [3.8, 4) is 0 Å². The second kappa shape index (κ2) is 22.1. The van der Waals surface area contributed by atoms with Gasteiger partial charge in [-0.2, -0.15) is 0 Å². The Kier molecular flexibility index (Phi) is 20.4. The summed E-state index contributed by atoms with van der Waals surface area (Å²) in [7, 11) is -1.43. The third kappa shape index (κ3) is 14.8. The van der Waals surface area contributed by atoms with E-state index in [0.717, 1.165) is 0 Å². The first-order valence-electron chi connectivity index (χ1n) is 15.7. The number of hydrogen-bond donors (Lipinski definition) is 1. The maximum atomic E-state index is 12.2. The molecule has 1 atom stereocenters. The maximum Gasteiger partial charge on any atom is 0.307 e. The first-order valence-corrected chi connectivity index (χ1v) is 18.1. The van der Waals surface area contributed by atoms with Crippen molar-refractivity contribution < 1.29 is 9.90 Å². The lowest BCUT2D eigenvalue weighted by atomic mass is 10.1. The molecule has 0 heterocycles.